The van der Waals surface area contributed by atoms with E-state index in [-0.39, 0.29) is 0 Å². The van der Waals surface area contributed by atoms with E-state index in [0.717, 1.165) is 31.2 Å². The monoisotopic (exact) mass is 261 g/mol. The molecule has 0 aromatic heterocycles. The van der Waals surface area contributed by atoms with Gasteiger partial charge in [0.2, 0.25) is 0 Å². The Hall–Kier alpha value is -1.02. The van der Waals surface area contributed by atoms with Crippen molar-refractivity contribution in [3.05, 3.63) is 30.3 Å². The number of benzene rings is 1. The molecule has 106 valence electrons. The Balaban J connectivity index is 1.80. The first-order chi connectivity index (χ1) is 9.28. The molecule has 0 spiro atoms. The van der Waals surface area contributed by atoms with Crippen LogP contribution in [0.25, 0.3) is 0 Å². The highest BCUT2D eigenvalue weighted by Gasteiger charge is 2.33. The lowest BCUT2D eigenvalue weighted by atomic mass is 9.68. The number of nitrogens with two attached hydrogens (primary N) is 1. The maximum Gasteiger partial charge on any atom is 0.119 e. The Morgan fingerprint density at radius 3 is 2.47 bits per heavy atom. The summed E-state index contributed by atoms with van der Waals surface area (Å²) >= 11 is 0. The SMILES string of the molecule is CCC1CCC(CN)(CCOc2ccccc2)CC1. The quantitative estimate of drug-likeness (QED) is 0.840. The summed E-state index contributed by atoms with van der Waals surface area (Å²) in [5, 5.41) is 0. The molecule has 0 bridgehead atoms. The maximum atomic E-state index is 6.05. The smallest absolute Gasteiger partial charge is 0.119 e. The fourth-order valence-electron chi connectivity index (χ4n) is 3.16. The van der Waals surface area contributed by atoms with Crippen LogP contribution in [0.4, 0.5) is 0 Å². The zero-order valence-corrected chi connectivity index (χ0v) is 12.1. The van der Waals surface area contributed by atoms with E-state index in [1.807, 2.05) is 30.3 Å². The fourth-order valence-corrected chi connectivity index (χ4v) is 3.16. The van der Waals surface area contributed by atoms with Crippen LogP contribution in [0.15, 0.2) is 30.3 Å². The van der Waals surface area contributed by atoms with E-state index in [1.165, 1.54) is 32.1 Å². The van der Waals surface area contributed by atoms with Gasteiger partial charge < -0.3 is 10.5 Å². The lowest BCUT2D eigenvalue weighted by Gasteiger charge is -2.39. The minimum atomic E-state index is 0.334. The molecule has 0 radical (unpaired) electrons. The van der Waals surface area contributed by atoms with Crippen LogP contribution in [0.3, 0.4) is 0 Å². The maximum absolute atomic E-state index is 6.05. The molecule has 0 atom stereocenters. The first-order valence-corrected chi connectivity index (χ1v) is 7.66. The zero-order valence-electron chi connectivity index (χ0n) is 12.1. The molecule has 2 heteroatoms. The van der Waals surface area contributed by atoms with Gasteiger partial charge in [-0.1, -0.05) is 31.5 Å². The molecular weight excluding hydrogens is 234 g/mol. The lowest BCUT2D eigenvalue weighted by molar-refractivity contribution is 0.117. The van der Waals surface area contributed by atoms with Crippen molar-refractivity contribution in [2.24, 2.45) is 17.1 Å². The minimum Gasteiger partial charge on any atom is -0.494 e. The third-order valence-electron chi connectivity index (χ3n) is 4.82. The van der Waals surface area contributed by atoms with Gasteiger partial charge in [0.1, 0.15) is 5.75 Å². The summed E-state index contributed by atoms with van der Waals surface area (Å²) in [6.45, 7) is 3.90. The summed E-state index contributed by atoms with van der Waals surface area (Å²) in [7, 11) is 0. The average Bonchev–Trinajstić information content (AvgIpc) is 2.49. The van der Waals surface area contributed by atoms with E-state index in [0.29, 0.717) is 5.41 Å². The summed E-state index contributed by atoms with van der Waals surface area (Å²) in [5.74, 6) is 1.90. The van der Waals surface area contributed by atoms with Crippen molar-refractivity contribution in [3.8, 4) is 5.75 Å². The van der Waals surface area contributed by atoms with Crippen molar-refractivity contribution in [2.45, 2.75) is 45.4 Å². The van der Waals surface area contributed by atoms with Gasteiger partial charge in [-0.25, -0.2) is 0 Å². The van der Waals surface area contributed by atoms with Crippen LogP contribution >= 0.6 is 0 Å². The van der Waals surface area contributed by atoms with E-state index in [9.17, 15) is 0 Å². The minimum absolute atomic E-state index is 0.334. The Bertz CT molecular complexity index is 355. The predicted molar refractivity (Wildman–Crippen MR) is 80.3 cm³/mol. The molecule has 1 aromatic rings. The first-order valence-electron chi connectivity index (χ1n) is 7.66. The van der Waals surface area contributed by atoms with Gasteiger partial charge in [-0.15, -0.1) is 0 Å². The third kappa shape index (κ3) is 3.97. The molecule has 2 N–H and O–H groups in total. The van der Waals surface area contributed by atoms with Crippen molar-refractivity contribution < 1.29 is 4.74 Å². The number of ether oxygens (including phenoxy) is 1. The van der Waals surface area contributed by atoms with Crippen LogP contribution in [0, 0.1) is 11.3 Å². The van der Waals surface area contributed by atoms with Gasteiger partial charge in [0.05, 0.1) is 6.61 Å². The normalized spacial score (nSPS) is 27.2. The second kappa shape index (κ2) is 6.95. The summed E-state index contributed by atoms with van der Waals surface area (Å²) in [6.07, 6.45) is 7.66. The molecule has 0 heterocycles. The summed E-state index contributed by atoms with van der Waals surface area (Å²) in [5.41, 5.74) is 6.38. The largest absolute Gasteiger partial charge is 0.494 e. The van der Waals surface area contributed by atoms with Crippen LogP contribution in [-0.2, 0) is 0 Å². The molecule has 19 heavy (non-hydrogen) atoms. The highest BCUT2D eigenvalue weighted by molar-refractivity contribution is 5.20. The lowest BCUT2D eigenvalue weighted by Crippen LogP contribution is -2.36. The summed E-state index contributed by atoms with van der Waals surface area (Å²) in [4.78, 5) is 0. The van der Waals surface area contributed by atoms with E-state index < -0.39 is 0 Å². The van der Waals surface area contributed by atoms with Crippen molar-refractivity contribution in [3.63, 3.8) is 0 Å². The van der Waals surface area contributed by atoms with Crippen molar-refractivity contribution in [1.29, 1.82) is 0 Å². The van der Waals surface area contributed by atoms with Gasteiger partial charge in [0.25, 0.3) is 0 Å². The average molecular weight is 261 g/mol. The van der Waals surface area contributed by atoms with E-state index in [4.69, 9.17) is 10.5 Å². The highest BCUT2D eigenvalue weighted by atomic mass is 16.5. The molecule has 1 aliphatic carbocycles. The van der Waals surface area contributed by atoms with Gasteiger partial charge in [0.15, 0.2) is 0 Å². The second-order valence-corrected chi connectivity index (χ2v) is 5.97. The number of hydrogen-bond donors (Lipinski definition) is 1. The van der Waals surface area contributed by atoms with Gasteiger partial charge in [-0.3, -0.25) is 0 Å². The third-order valence-corrected chi connectivity index (χ3v) is 4.82. The zero-order chi connectivity index (χ0) is 13.6. The standard InChI is InChI=1S/C17H27NO/c1-2-15-8-10-17(14-18,11-9-15)12-13-19-16-6-4-3-5-7-16/h3-7,15H,2,8-14,18H2,1H3. The van der Waals surface area contributed by atoms with Crippen LogP contribution in [0.2, 0.25) is 0 Å². The van der Waals surface area contributed by atoms with Crippen LogP contribution in [0.1, 0.15) is 45.4 Å². The van der Waals surface area contributed by atoms with Gasteiger partial charge in [0, 0.05) is 0 Å². The molecule has 2 nitrogen and oxygen atoms in total. The number of para-hydroxylation sites is 1. The Morgan fingerprint density at radius 2 is 1.89 bits per heavy atom. The molecule has 0 saturated heterocycles. The van der Waals surface area contributed by atoms with Crippen LogP contribution in [-0.4, -0.2) is 13.2 Å². The van der Waals surface area contributed by atoms with Gasteiger partial charge >= 0.3 is 0 Å². The Labute approximate surface area is 117 Å². The first kappa shape index (κ1) is 14.4. The number of hydrogen-bond acceptors (Lipinski definition) is 2. The van der Waals surface area contributed by atoms with E-state index >= 15 is 0 Å². The van der Waals surface area contributed by atoms with Crippen molar-refractivity contribution in [2.75, 3.05) is 13.2 Å². The molecule has 1 aromatic carbocycles. The van der Waals surface area contributed by atoms with E-state index in [2.05, 4.69) is 6.92 Å². The summed E-state index contributed by atoms with van der Waals surface area (Å²) in [6, 6.07) is 10.1. The predicted octanol–water partition coefficient (Wildman–Crippen LogP) is 4.00. The number of rotatable bonds is 6. The van der Waals surface area contributed by atoms with Crippen molar-refractivity contribution >= 4 is 0 Å². The second-order valence-electron chi connectivity index (χ2n) is 5.97. The molecule has 0 aliphatic heterocycles. The van der Waals surface area contributed by atoms with Gasteiger partial charge in [-0.05, 0) is 62.1 Å². The van der Waals surface area contributed by atoms with Crippen molar-refractivity contribution in [1.82, 2.24) is 0 Å². The Morgan fingerprint density at radius 1 is 1.21 bits per heavy atom. The molecule has 1 saturated carbocycles. The van der Waals surface area contributed by atoms with Crippen LogP contribution in [0.5, 0.6) is 5.75 Å². The molecule has 0 unspecified atom stereocenters. The fraction of sp³-hybridized carbons (Fsp3) is 0.647. The van der Waals surface area contributed by atoms with Gasteiger partial charge in [-0.2, -0.15) is 0 Å². The molecule has 2 rings (SSSR count). The Kier molecular flexibility index (Phi) is 5.26. The summed E-state index contributed by atoms with van der Waals surface area (Å²) < 4.78 is 5.83. The molecule has 0 amide bonds. The molecule has 1 fully saturated rings. The molecular formula is C17H27NO. The topological polar surface area (TPSA) is 35.2 Å². The van der Waals surface area contributed by atoms with E-state index in [1.54, 1.807) is 0 Å². The molecule has 1 aliphatic rings. The van der Waals surface area contributed by atoms with Crippen LogP contribution < -0.4 is 10.5 Å². The highest BCUT2D eigenvalue weighted by Crippen LogP contribution is 2.41.